The number of benzene rings is 1. The summed E-state index contributed by atoms with van der Waals surface area (Å²) in [5.41, 5.74) is 2.39. The first-order chi connectivity index (χ1) is 10.1. The quantitative estimate of drug-likeness (QED) is 0.464. The molecule has 0 spiro atoms. The SMILES string of the molecule is CCO[Si](CCc1cccc(C(C)Cl)c1)(OCC)OCC. The van der Waals surface area contributed by atoms with Crippen molar-refractivity contribution in [3.63, 3.8) is 0 Å². The van der Waals surface area contributed by atoms with Gasteiger partial charge in [0, 0.05) is 25.9 Å². The van der Waals surface area contributed by atoms with Crippen LogP contribution < -0.4 is 0 Å². The van der Waals surface area contributed by atoms with Gasteiger partial charge in [-0.25, -0.2) is 0 Å². The molecule has 0 aliphatic heterocycles. The van der Waals surface area contributed by atoms with Crippen LogP contribution in [0.5, 0.6) is 0 Å². The van der Waals surface area contributed by atoms with E-state index in [0.29, 0.717) is 19.8 Å². The van der Waals surface area contributed by atoms with Crippen LogP contribution in [0.1, 0.15) is 44.2 Å². The van der Waals surface area contributed by atoms with Crippen LogP contribution in [0.3, 0.4) is 0 Å². The van der Waals surface area contributed by atoms with Crippen molar-refractivity contribution in [3.05, 3.63) is 35.4 Å². The molecule has 0 aliphatic carbocycles. The van der Waals surface area contributed by atoms with Crippen LogP contribution in [0.15, 0.2) is 24.3 Å². The predicted molar refractivity (Wildman–Crippen MR) is 89.9 cm³/mol. The fourth-order valence-corrected chi connectivity index (χ4v) is 5.03. The van der Waals surface area contributed by atoms with E-state index in [-0.39, 0.29) is 5.38 Å². The molecule has 1 aromatic carbocycles. The van der Waals surface area contributed by atoms with Gasteiger partial charge in [-0.3, -0.25) is 0 Å². The van der Waals surface area contributed by atoms with Gasteiger partial charge in [0.2, 0.25) is 0 Å². The molecule has 0 aliphatic rings. The third kappa shape index (κ3) is 6.08. The Morgan fingerprint density at radius 2 is 1.62 bits per heavy atom. The molecular formula is C16H27ClO3Si. The van der Waals surface area contributed by atoms with Crippen molar-refractivity contribution in [1.29, 1.82) is 0 Å². The van der Waals surface area contributed by atoms with Gasteiger partial charge in [0.25, 0.3) is 0 Å². The lowest BCUT2D eigenvalue weighted by molar-refractivity contribution is 0.0714. The van der Waals surface area contributed by atoms with Crippen LogP contribution >= 0.6 is 11.6 Å². The molecule has 0 amide bonds. The molecule has 1 rings (SSSR count). The number of aryl methyl sites for hydroxylation is 1. The molecule has 120 valence electrons. The average molecular weight is 331 g/mol. The molecule has 1 unspecified atom stereocenters. The Hall–Kier alpha value is -0.393. The first-order valence-electron chi connectivity index (χ1n) is 7.71. The predicted octanol–water partition coefficient (Wildman–Crippen LogP) is 4.58. The van der Waals surface area contributed by atoms with Crippen molar-refractivity contribution in [2.24, 2.45) is 0 Å². The molecule has 0 fully saturated rings. The largest absolute Gasteiger partial charge is 0.501 e. The van der Waals surface area contributed by atoms with E-state index < -0.39 is 8.80 Å². The van der Waals surface area contributed by atoms with E-state index in [1.54, 1.807) is 0 Å². The lowest BCUT2D eigenvalue weighted by Gasteiger charge is -2.28. The summed E-state index contributed by atoms with van der Waals surface area (Å²) in [6.07, 6.45) is 0.879. The Balaban J connectivity index is 2.77. The summed E-state index contributed by atoms with van der Waals surface area (Å²) in [7, 11) is -2.56. The van der Waals surface area contributed by atoms with Crippen molar-refractivity contribution in [2.75, 3.05) is 19.8 Å². The highest BCUT2D eigenvalue weighted by Crippen LogP contribution is 2.23. The van der Waals surface area contributed by atoms with E-state index in [4.69, 9.17) is 24.9 Å². The summed E-state index contributed by atoms with van der Waals surface area (Å²) in [5, 5.41) is 0.0256. The van der Waals surface area contributed by atoms with E-state index in [0.717, 1.165) is 18.0 Å². The first kappa shape index (κ1) is 18.7. The zero-order chi connectivity index (χ0) is 15.7. The minimum atomic E-state index is -2.56. The van der Waals surface area contributed by atoms with Gasteiger partial charge >= 0.3 is 8.80 Å². The topological polar surface area (TPSA) is 27.7 Å². The number of hydrogen-bond donors (Lipinski definition) is 0. The molecule has 5 heteroatoms. The second-order valence-electron chi connectivity index (χ2n) is 4.84. The van der Waals surface area contributed by atoms with Gasteiger partial charge in [0.05, 0.1) is 5.38 Å². The van der Waals surface area contributed by atoms with Gasteiger partial charge in [-0.05, 0) is 45.2 Å². The zero-order valence-corrected chi connectivity index (χ0v) is 15.3. The summed E-state index contributed by atoms with van der Waals surface area (Å²) in [6, 6.07) is 9.17. The summed E-state index contributed by atoms with van der Waals surface area (Å²) in [4.78, 5) is 0. The molecule has 0 bridgehead atoms. The van der Waals surface area contributed by atoms with E-state index in [1.165, 1.54) is 5.56 Å². The summed E-state index contributed by atoms with van der Waals surface area (Å²) < 4.78 is 17.6. The monoisotopic (exact) mass is 330 g/mol. The summed E-state index contributed by atoms with van der Waals surface area (Å²) in [6.45, 7) is 9.78. The number of hydrogen-bond acceptors (Lipinski definition) is 3. The molecule has 3 nitrogen and oxygen atoms in total. The van der Waals surface area contributed by atoms with Crippen LogP contribution in [-0.4, -0.2) is 28.6 Å². The van der Waals surface area contributed by atoms with E-state index >= 15 is 0 Å². The fraction of sp³-hybridized carbons (Fsp3) is 0.625. The maximum absolute atomic E-state index is 6.15. The molecule has 1 aromatic rings. The number of halogens is 1. The van der Waals surface area contributed by atoms with Gasteiger partial charge in [-0.2, -0.15) is 0 Å². The van der Waals surface area contributed by atoms with Crippen LogP contribution in [0.2, 0.25) is 6.04 Å². The van der Waals surface area contributed by atoms with E-state index in [1.807, 2.05) is 27.7 Å². The Morgan fingerprint density at radius 1 is 1.05 bits per heavy atom. The maximum Gasteiger partial charge on any atom is 0.501 e. The average Bonchev–Trinajstić information content (AvgIpc) is 2.46. The molecule has 0 heterocycles. The van der Waals surface area contributed by atoms with E-state index in [9.17, 15) is 0 Å². The highest BCUT2D eigenvalue weighted by molar-refractivity contribution is 6.60. The van der Waals surface area contributed by atoms with Gasteiger partial charge < -0.3 is 13.3 Å². The number of alkyl halides is 1. The molecule has 0 radical (unpaired) electrons. The molecule has 21 heavy (non-hydrogen) atoms. The number of rotatable bonds is 10. The lowest BCUT2D eigenvalue weighted by atomic mass is 10.1. The van der Waals surface area contributed by atoms with Crippen molar-refractivity contribution >= 4 is 20.4 Å². The highest BCUT2D eigenvalue weighted by atomic mass is 35.5. The van der Waals surface area contributed by atoms with Gasteiger partial charge in [0.15, 0.2) is 0 Å². The second-order valence-corrected chi connectivity index (χ2v) is 8.23. The molecular weight excluding hydrogens is 304 g/mol. The van der Waals surface area contributed by atoms with Gasteiger partial charge in [0.1, 0.15) is 0 Å². The van der Waals surface area contributed by atoms with Crippen molar-refractivity contribution in [2.45, 2.75) is 45.5 Å². The molecule has 0 saturated carbocycles. The summed E-state index contributed by atoms with van der Waals surface area (Å²) >= 11 is 6.15. The van der Waals surface area contributed by atoms with Crippen molar-refractivity contribution in [3.8, 4) is 0 Å². The second kappa shape index (κ2) is 9.59. The zero-order valence-electron chi connectivity index (χ0n) is 13.5. The van der Waals surface area contributed by atoms with Crippen LogP contribution in [0, 0.1) is 0 Å². The Morgan fingerprint density at radius 3 is 2.10 bits per heavy atom. The third-order valence-electron chi connectivity index (χ3n) is 3.22. The third-order valence-corrected chi connectivity index (χ3v) is 6.52. The summed E-state index contributed by atoms with van der Waals surface area (Å²) in [5.74, 6) is 0. The Labute approximate surface area is 134 Å². The molecule has 0 N–H and O–H groups in total. The first-order valence-corrected chi connectivity index (χ1v) is 10.1. The standard InChI is InChI=1S/C16H27ClO3Si/c1-5-18-21(19-6-2,20-7-3)12-11-15-9-8-10-16(13-15)14(4)17/h8-10,13-14H,5-7,11-12H2,1-4H3. The highest BCUT2D eigenvalue weighted by Gasteiger charge is 2.39. The van der Waals surface area contributed by atoms with Crippen molar-refractivity contribution in [1.82, 2.24) is 0 Å². The van der Waals surface area contributed by atoms with Gasteiger partial charge in [-0.1, -0.05) is 24.3 Å². The smallest absolute Gasteiger partial charge is 0.374 e. The fourth-order valence-electron chi connectivity index (χ4n) is 2.29. The van der Waals surface area contributed by atoms with Crippen LogP contribution in [-0.2, 0) is 19.7 Å². The Kier molecular flexibility index (Phi) is 8.52. The lowest BCUT2D eigenvalue weighted by Crippen LogP contribution is -2.46. The molecule has 0 aromatic heterocycles. The minimum absolute atomic E-state index is 0.0256. The van der Waals surface area contributed by atoms with Gasteiger partial charge in [-0.15, -0.1) is 11.6 Å². The molecule has 1 atom stereocenters. The maximum atomic E-state index is 6.15. The minimum Gasteiger partial charge on any atom is -0.374 e. The van der Waals surface area contributed by atoms with E-state index in [2.05, 4.69) is 24.3 Å². The molecule has 0 saturated heterocycles. The van der Waals surface area contributed by atoms with Crippen LogP contribution in [0.25, 0.3) is 0 Å². The normalized spacial score (nSPS) is 13.4. The van der Waals surface area contributed by atoms with Crippen LogP contribution in [0.4, 0.5) is 0 Å². The Bertz CT molecular complexity index is 395. The van der Waals surface area contributed by atoms with Crippen molar-refractivity contribution < 1.29 is 13.3 Å².